The van der Waals surface area contributed by atoms with Gasteiger partial charge in [-0.05, 0) is 38.1 Å². The molecular formula is C18H24N4O4S. The Kier molecular flexibility index (Phi) is 6.75. The highest BCUT2D eigenvalue weighted by molar-refractivity contribution is 7.89. The summed E-state index contributed by atoms with van der Waals surface area (Å²) in [6, 6.07) is 13.3. The van der Waals surface area contributed by atoms with E-state index in [0.29, 0.717) is 13.1 Å². The van der Waals surface area contributed by atoms with Crippen molar-refractivity contribution < 1.29 is 13.3 Å². The number of nitrogens with one attached hydrogen (secondary N) is 2. The summed E-state index contributed by atoms with van der Waals surface area (Å²) in [7, 11) is -1.86. The number of nitrogens with zero attached hydrogens (tertiary/aromatic N) is 2. The Balaban J connectivity index is 2.12. The maximum atomic E-state index is 12.2. The van der Waals surface area contributed by atoms with Crippen LogP contribution in [0.5, 0.6) is 0 Å². The van der Waals surface area contributed by atoms with Gasteiger partial charge in [0, 0.05) is 37.9 Å². The van der Waals surface area contributed by atoms with Gasteiger partial charge in [0.1, 0.15) is 5.69 Å². The largest absolute Gasteiger partial charge is 0.378 e. The maximum Gasteiger partial charge on any atom is 0.293 e. The Morgan fingerprint density at radius 2 is 1.81 bits per heavy atom. The van der Waals surface area contributed by atoms with Crippen LogP contribution in [0.25, 0.3) is 0 Å². The fraction of sp³-hybridized carbons (Fsp3) is 0.333. The van der Waals surface area contributed by atoms with Crippen LogP contribution in [-0.4, -0.2) is 39.5 Å². The van der Waals surface area contributed by atoms with Gasteiger partial charge in [0.15, 0.2) is 0 Å². The molecule has 2 N–H and O–H groups in total. The summed E-state index contributed by atoms with van der Waals surface area (Å²) in [6.07, 6.45) is 0. The summed E-state index contributed by atoms with van der Waals surface area (Å²) in [6.45, 7) is 4.45. The zero-order chi connectivity index (χ0) is 20.0. The second kappa shape index (κ2) is 8.83. The lowest BCUT2D eigenvalue weighted by atomic mass is 10.2. The molecule has 0 saturated carbocycles. The number of hydrogen-bond donors (Lipinski definition) is 2. The standard InChI is InChI=1S/C18H24N4O4S/c1-14(2)20-27(25,26)16-9-10-17(18(13-16)22(23)24)19-11-12-21(3)15-7-5-4-6-8-15/h4-10,13-14,19-20H,11-12H2,1-3H3. The number of hydrogen-bond acceptors (Lipinski definition) is 6. The number of nitro benzene ring substituents is 1. The van der Waals surface area contributed by atoms with Gasteiger partial charge < -0.3 is 10.2 Å². The zero-order valence-corrected chi connectivity index (χ0v) is 16.4. The van der Waals surface area contributed by atoms with Crippen LogP contribution in [0.3, 0.4) is 0 Å². The molecule has 0 unspecified atom stereocenters. The number of nitro groups is 1. The summed E-state index contributed by atoms with van der Waals surface area (Å²) in [5.41, 5.74) is 1.05. The van der Waals surface area contributed by atoms with Crippen LogP contribution in [-0.2, 0) is 10.0 Å². The molecule has 0 aliphatic heterocycles. The smallest absolute Gasteiger partial charge is 0.293 e. The third-order valence-electron chi connectivity index (χ3n) is 3.83. The van der Waals surface area contributed by atoms with Crippen LogP contribution < -0.4 is 14.9 Å². The monoisotopic (exact) mass is 392 g/mol. The minimum absolute atomic E-state index is 0.130. The van der Waals surface area contributed by atoms with Crippen molar-refractivity contribution in [1.82, 2.24) is 4.72 Å². The normalized spacial score (nSPS) is 11.4. The summed E-state index contributed by atoms with van der Waals surface area (Å²) >= 11 is 0. The van der Waals surface area contributed by atoms with Crippen molar-refractivity contribution in [2.75, 3.05) is 30.4 Å². The first-order valence-electron chi connectivity index (χ1n) is 8.51. The van der Waals surface area contributed by atoms with Crippen LogP contribution in [0, 0.1) is 10.1 Å². The minimum Gasteiger partial charge on any atom is -0.378 e. The third kappa shape index (κ3) is 5.66. The topological polar surface area (TPSA) is 105 Å². The highest BCUT2D eigenvalue weighted by atomic mass is 32.2. The van der Waals surface area contributed by atoms with Crippen molar-refractivity contribution in [3.8, 4) is 0 Å². The summed E-state index contributed by atoms with van der Waals surface area (Å²) in [5, 5.41) is 14.4. The van der Waals surface area contributed by atoms with E-state index in [0.717, 1.165) is 11.8 Å². The number of anilines is 2. The van der Waals surface area contributed by atoms with Crippen LogP contribution in [0.15, 0.2) is 53.4 Å². The number of rotatable bonds is 9. The van der Waals surface area contributed by atoms with Crippen molar-refractivity contribution in [1.29, 1.82) is 0 Å². The molecule has 0 atom stereocenters. The van der Waals surface area contributed by atoms with E-state index in [1.54, 1.807) is 13.8 Å². The average Bonchev–Trinajstić information content (AvgIpc) is 2.61. The Morgan fingerprint density at radius 1 is 1.15 bits per heavy atom. The second-order valence-corrected chi connectivity index (χ2v) is 8.11. The molecule has 0 aromatic heterocycles. The van der Waals surface area contributed by atoms with E-state index in [2.05, 4.69) is 10.0 Å². The molecule has 8 nitrogen and oxygen atoms in total. The highest BCUT2D eigenvalue weighted by Crippen LogP contribution is 2.27. The van der Waals surface area contributed by atoms with Crippen molar-refractivity contribution in [3.63, 3.8) is 0 Å². The van der Waals surface area contributed by atoms with Gasteiger partial charge in [-0.1, -0.05) is 18.2 Å². The summed E-state index contributed by atoms with van der Waals surface area (Å²) < 4.78 is 26.9. The predicted octanol–water partition coefficient (Wildman–Crippen LogP) is 2.83. The molecule has 2 aromatic rings. The molecule has 0 spiro atoms. The molecule has 0 aliphatic rings. The van der Waals surface area contributed by atoms with E-state index in [1.165, 1.54) is 12.1 Å². The molecule has 0 saturated heterocycles. The molecular weight excluding hydrogens is 368 g/mol. The molecule has 2 aromatic carbocycles. The van der Waals surface area contributed by atoms with Crippen molar-refractivity contribution in [2.24, 2.45) is 0 Å². The van der Waals surface area contributed by atoms with E-state index in [1.807, 2.05) is 42.3 Å². The van der Waals surface area contributed by atoms with Gasteiger partial charge in [0.25, 0.3) is 5.69 Å². The molecule has 0 heterocycles. The quantitative estimate of drug-likeness (QED) is 0.502. The number of para-hydroxylation sites is 1. The van der Waals surface area contributed by atoms with Gasteiger partial charge in [-0.25, -0.2) is 13.1 Å². The maximum absolute atomic E-state index is 12.2. The Bertz CT molecular complexity index is 885. The van der Waals surface area contributed by atoms with Gasteiger partial charge in [-0.3, -0.25) is 10.1 Å². The van der Waals surface area contributed by atoms with E-state index >= 15 is 0 Å². The SMILES string of the molecule is CC(C)NS(=O)(=O)c1ccc(NCCN(C)c2ccccc2)c([N+](=O)[O-])c1. The van der Waals surface area contributed by atoms with E-state index in [4.69, 9.17) is 0 Å². The predicted molar refractivity (Wildman–Crippen MR) is 107 cm³/mol. The molecule has 9 heteroatoms. The van der Waals surface area contributed by atoms with Gasteiger partial charge in [0.05, 0.1) is 9.82 Å². The Labute approximate surface area is 159 Å². The fourth-order valence-electron chi connectivity index (χ4n) is 2.53. The molecule has 2 rings (SSSR count). The van der Waals surface area contributed by atoms with Crippen molar-refractivity contribution >= 4 is 27.1 Å². The van der Waals surface area contributed by atoms with Crippen LogP contribution >= 0.6 is 0 Å². The molecule has 0 fully saturated rings. The summed E-state index contributed by atoms with van der Waals surface area (Å²) in [5.74, 6) is 0. The van der Waals surface area contributed by atoms with Crippen molar-refractivity contribution in [3.05, 3.63) is 58.6 Å². The molecule has 0 bridgehead atoms. The highest BCUT2D eigenvalue weighted by Gasteiger charge is 2.22. The molecule has 0 aliphatic carbocycles. The van der Waals surface area contributed by atoms with Gasteiger partial charge >= 0.3 is 0 Å². The number of sulfonamides is 1. The second-order valence-electron chi connectivity index (χ2n) is 6.40. The lowest BCUT2D eigenvalue weighted by Crippen LogP contribution is -2.30. The first-order valence-corrected chi connectivity index (χ1v) is 10.00. The summed E-state index contributed by atoms with van der Waals surface area (Å²) in [4.78, 5) is 12.7. The fourth-order valence-corrected chi connectivity index (χ4v) is 3.80. The van der Waals surface area contributed by atoms with Crippen LogP contribution in [0.2, 0.25) is 0 Å². The Hall–Kier alpha value is -2.65. The van der Waals surface area contributed by atoms with Gasteiger partial charge in [0.2, 0.25) is 10.0 Å². The Morgan fingerprint density at radius 3 is 2.41 bits per heavy atom. The van der Waals surface area contributed by atoms with Crippen LogP contribution in [0.1, 0.15) is 13.8 Å². The van der Waals surface area contributed by atoms with Crippen molar-refractivity contribution in [2.45, 2.75) is 24.8 Å². The average molecular weight is 392 g/mol. The molecule has 27 heavy (non-hydrogen) atoms. The molecule has 146 valence electrons. The zero-order valence-electron chi connectivity index (χ0n) is 15.5. The van der Waals surface area contributed by atoms with Crippen LogP contribution in [0.4, 0.5) is 17.1 Å². The lowest BCUT2D eigenvalue weighted by Gasteiger charge is -2.19. The number of benzene rings is 2. The van der Waals surface area contributed by atoms with E-state index in [9.17, 15) is 18.5 Å². The first-order chi connectivity index (χ1) is 12.7. The van der Waals surface area contributed by atoms with E-state index < -0.39 is 14.9 Å². The molecule has 0 amide bonds. The number of likely N-dealkylation sites (N-methyl/N-ethyl adjacent to an activating group) is 1. The third-order valence-corrected chi connectivity index (χ3v) is 5.48. The minimum atomic E-state index is -3.79. The lowest BCUT2D eigenvalue weighted by molar-refractivity contribution is -0.384. The first kappa shape index (κ1) is 20.7. The molecule has 0 radical (unpaired) electrons. The van der Waals surface area contributed by atoms with E-state index in [-0.39, 0.29) is 22.3 Å². The van der Waals surface area contributed by atoms with Gasteiger partial charge in [-0.15, -0.1) is 0 Å². The van der Waals surface area contributed by atoms with Gasteiger partial charge in [-0.2, -0.15) is 0 Å².